The second-order valence-electron chi connectivity index (χ2n) is 4.06. The Bertz CT molecular complexity index is 325. The van der Waals surface area contributed by atoms with Gasteiger partial charge in [0.15, 0.2) is 12.5 Å². The summed E-state index contributed by atoms with van der Waals surface area (Å²) in [5.74, 6) is 0. The van der Waals surface area contributed by atoms with E-state index in [1.165, 1.54) is 0 Å². The number of nitrogens with one attached hydrogen (secondary N) is 1. The van der Waals surface area contributed by atoms with Crippen molar-refractivity contribution in [2.45, 2.75) is 37.2 Å². The van der Waals surface area contributed by atoms with Crippen LogP contribution in [0, 0.1) is 0 Å². The highest BCUT2D eigenvalue weighted by molar-refractivity contribution is 5.75. The zero-order valence-corrected chi connectivity index (χ0v) is 8.89. The summed E-state index contributed by atoms with van der Waals surface area (Å²) in [6.45, 7) is 0.174. The first-order valence-corrected chi connectivity index (χ1v) is 5.26. The highest BCUT2D eigenvalue weighted by atomic mass is 16.6. The van der Waals surface area contributed by atoms with Crippen molar-refractivity contribution < 1.29 is 29.6 Å². The van der Waals surface area contributed by atoms with Gasteiger partial charge in [-0.15, -0.1) is 0 Å². The van der Waals surface area contributed by atoms with E-state index >= 15 is 0 Å². The van der Waals surface area contributed by atoms with Gasteiger partial charge in [-0.05, 0) is 0 Å². The molecule has 0 spiro atoms. The number of carbonyl (C=O) groups excluding carboxylic acids is 2. The summed E-state index contributed by atoms with van der Waals surface area (Å²) in [4.78, 5) is 23.2. The van der Waals surface area contributed by atoms with Crippen molar-refractivity contribution in [3.05, 3.63) is 0 Å². The van der Waals surface area contributed by atoms with E-state index in [0.717, 1.165) is 4.90 Å². The van der Waals surface area contributed by atoms with E-state index in [-0.39, 0.29) is 13.0 Å². The van der Waals surface area contributed by atoms with Crippen LogP contribution < -0.4 is 5.32 Å². The van der Waals surface area contributed by atoms with Gasteiger partial charge in [-0.1, -0.05) is 0 Å². The standard InChI is InChI=1S/C9H14N2O6/c12-3-4-6(14)7(15)8(17-4)11-2-1-5(13)10-9(11)16/h3-8,13-15H,1-2H2,(H,10,16)/t4-,5?,6-,7-,8-/m1/s1. The summed E-state index contributed by atoms with van der Waals surface area (Å²) in [7, 11) is 0. The third kappa shape index (κ3) is 2.12. The fourth-order valence-electron chi connectivity index (χ4n) is 1.96. The van der Waals surface area contributed by atoms with Crippen molar-refractivity contribution in [3.63, 3.8) is 0 Å². The van der Waals surface area contributed by atoms with Gasteiger partial charge in [-0.2, -0.15) is 0 Å². The van der Waals surface area contributed by atoms with E-state index in [0.29, 0.717) is 6.29 Å². The van der Waals surface area contributed by atoms with Gasteiger partial charge in [0.1, 0.15) is 24.5 Å². The van der Waals surface area contributed by atoms with E-state index in [4.69, 9.17) is 4.74 Å². The molecule has 0 aliphatic carbocycles. The highest BCUT2D eigenvalue weighted by Crippen LogP contribution is 2.24. The number of urea groups is 1. The average Bonchev–Trinajstić information content (AvgIpc) is 2.57. The summed E-state index contributed by atoms with van der Waals surface area (Å²) in [5.41, 5.74) is 0. The molecule has 2 amide bonds. The van der Waals surface area contributed by atoms with Crippen LogP contribution in [0.5, 0.6) is 0 Å². The average molecular weight is 246 g/mol. The lowest BCUT2D eigenvalue weighted by atomic mass is 10.1. The molecule has 4 N–H and O–H groups in total. The molecule has 8 nitrogen and oxygen atoms in total. The third-order valence-electron chi connectivity index (χ3n) is 2.91. The summed E-state index contributed by atoms with van der Waals surface area (Å²) in [6, 6.07) is -0.605. The highest BCUT2D eigenvalue weighted by Gasteiger charge is 2.47. The van der Waals surface area contributed by atoms with Crippen LogP contribution in [0.4, 0.5) is 4.79 Å². The summed E-state index contributed by atoms with van der Waals surface area (Å²) < 4.78 is 5.10. The molecule has 2 heterocycles. The minimum atomic E-state index is -1.35. The lowest BCUT2D eigenvalue weighted by molar-refractivity contribution is -0.125. The zero-order valence-electron chi connectivity index (χ0n) is 8.89. The fraction of sp³-hybridized carbons (Fsp3) is 0.778. The van der Waals surface area contributed by atoms with Gasteiger partial charge in [0.2, 0.25) is 0 Å². The molecule has 5 atom stereocenters. The minimum Gasteiger partial charge on any atom is -0.387 e. The molecule has 0 aromatic heterocycles. The first-order valence-electron chi connectivity index (χ1n) is 5.26. The number of nitrogens with zero attached hydrogens (tertiary/aromatic N) is 1. The molecule has 1 unspecified atom stereocenters. The Morgan fingerprint density at radius 1 is 1.35 bits per heavy atom. The molecule has 2 saturated heterocycles. The zero-order chi connectivity index (χ0) is 12.6. The number of hydrogen-bond acceptors (Lipinski definition) is 6. The molecule has 0 aromatic carbocycles. The van der Waals surface area contributed by atoms with E-state index in [1.54, 1.807) is 0 Å². The predicted molar refractivity (Wildman–Crippen MR) is 52.6 cm³/mol. The lowest BCUT2D eigenvalue weighted by Gasteiger charge is -2.35. The molecule has 0 saturated carbocycles. The van der Waals surface area contributed by atoms with Gasteiger partial charge in [0, 0.05) is 13.0 Å². The van der Waals surface area contributed by atoms with Gasteiger partial charge >= 0.3 is 6.03 Å². The van der Waals surface area contributed by atoms with Crippen LogP contribution in [-0.4, -0.2) is 69.8 Å². The van der Waals surface area contributed by atoms with Crippen molar-refractivity contribution in [2.75, 3.05) is 6.54 Å². The molecule has 2 aliphatic heterocycles. The van der Waals surface area contributed by atoms with Crippen molar-refractivity contribution in [1.82, 2.24) is 10.2 Å². The molecule has 17 heavy (non-hydrogen) atoms. The van der Waals surface area contributed by atoms with E-state index in [1.807, 2.05) is 0 Å². The van der Waals surface area contributed by atoms with Crippen LogP contribution in [0.15, 0.2) is 0 Å². The maximum atomic E-state index is 11.5. The third-order valence-corrected chi connectivity index (χ3v) is 2.91. The van der Waals surface area contributed by atoms with Gasteiger partial charge in [0.25, 0.3) is 0 Å². The smallest absolute Gasteiger partial charge is 0.321 e. The fourth-order valence-corrected chi connectivity index (χ4v) is 1.96. The molecule has 96 valence electrons. The van der Waals surface area contributed by atoms with E-state index < -0.39 is 36.8 Å². The number of rotatable bonds is 2. The van der Waals surface area contributed by atoms with Crippen LogP contribution in [-0.2, 0) is 9.53 Å². The Balaban J connectivity index is 2.08. The number of amides is 2. The Labute approximate surface area is 96.8 Å². The second-order valence-corrected chi connectivity index (χ2v) is 4.06. The first kappa shape index (κ1) is 12.2. The molecule has 2 fully saturated rings. The minimum absolute atomic E-state index is 0.174. The van der Waals surface area contributed by atoms with Crippen LogP contribution in [0.25, 0.3) is 0 Å². The van der Waals surface area contributed by atoms with Crippen molar-refractivity contribution in [1.29, 1.82) is 0 Å². The predicted octanol–water partition coefficient (Wildman–Crippen LogP) is -2.63. The van der Waals surface area contributed by atoms with Gasteiger partial charge in [-0.3, -0.25) is 4.90 Å². The quantitative estimate of drug-likeness (QED) is 0.396. The summed E-state index contributed by atoms with van der Waals surface area (Å²) in [5, 5.41) is 30.6. The largest absolute Gasteiger partial charge is 0.387 e. The molecule has 0 bridgehead atoms. The van der Waals surface area contributed by atoms with Gasteiger partial charge in [-0.25, -0.2) is 4.79 Å². The number of aldehydes is 1. The molecular weight excluding hydrogens is 232 g/mol. The van der Waals surface area contributed by atoms with Crippen molar-refractivity contribution in [2.24, 2.45) is 0 Å². The van der Waals surface area contributed by atoms with Crippen LogP contribution >= 0.6 is 0 Å². The van der Waals surface area contributed by atoms with E-state index in [9.17, 15) is 24.9 Å². The second kappa shape index (κ2) is 4.57. The Morgan fingerprint density at radius 3 is 2.59 bits per heavy atom. The number of aliphatic hydroxyl groups excluding tert-OH is 3. The molecule has 0 aromatic rings. The van der Waals surface area contributed by atoms with Crippen LogP contribution in [0.3, 0.4) is 0 Å². The number of ether oxygens (including phenoxy) is 1. The van der Waals surface area contributed by atoms with Gasteiger partial charge < -0.3 is 30.2 Å². The van der Waals surface area contributed by atoms with E-state index in [2.05, 4.69) is 5.32 Å². The number of aliphatic hydroxyl groups is 3. The molecule has 2 rings (SSSR count). The molecule has 8 heteroatoms. The monoisotopic (exact) mass is 246 g/mol. The molecule has 0 radical (unpaired) electrons. The Morgan fingerprint density at radius 2 is 2.06 bits per heavy atom. The topological polar surface area (TPSA) is 119 Å². The molecule has 2 aliphatic rings. The summed E-state index contributed by atoms with van der Waals surface area (Å²) >= 11 is 0. The maximum Gasteiger partial charge on any atom is 0.321 e. The van der Waals surface area contributed by atoms with Crippen molar-refractivity contribution >= 4 is 12.3 Å². The summed E-state index contributed by atoms with van der Waals surface area (Å²) in [6.07, 6.45) is -5.18. The molecular formula is C9H14N2O6. The van der Waals surface area contributed by atoms with Gasteiger partial charge in [0.05, 0.1) is 0 Å². The SMILES string of the molecule is O=C[C@H]1O[C@@H](N2CCC(O)NC2=O)[C@H](O)[C@@H]1O. The van der Waals surface area contributed by atoms with Crippen LogP contribution in [0.2, 0.25) is 0 Å². The Kier molecular flexibility index (Phi) is 3.29. The normalized spacial score (nSPS) is 42.4. The van der Waals surface area contributed by atoms with Crippen LogP contribution in [0.1, 0.15) is 6.42 Å². The lowest BCUT2D eigenvalue weighted by Crippen LogP contribution is -2.57. The first-order chi connectivity index (χ1) is 8.04. The van der Waals surface area contributed by atoms with Crippen molar-refractivity contribution in [3.8, 4) is 0 Å². The number of carbonyl (C=O) groups is 2. The number of hydrogen-bond donors (Lipinski definition) is 4. The maximum absolute atomic E-state index is 11.5. The Hall–Kier alpha value is -1.22.